The van der Waals surface area contributed by atoms with Crippen LogP contribution in [0.4, 0.5) is 19.0 Å². The van der Waals surface area contributed by atoms with Crippen molar-refractivity contribution in [1.29, 1.82) is 5.26 Å². The molecule has 1 aromatic carbocycles. The monoisotopic (exact) mass is 238 g/mol. The van der Waals surface area contributed by atoms with Crippen LogP contribution in [-0.2, 0) is 0 Å². The average Bonchev–Trinajstić information content (AvgIpc) is 2.59. The molecule has 7 heteroatoms. The summed E-state index contributed by atoms with van der Waals surface area (Å²) in [6.07, 6.45) is 1.07. The summed E-state index contributed by atoms with van der Waals surface area (Å²) in [6, 6.07) is 2.72. The second-order valence-corrected chi connectivity index (χ2v) is 3.19. The Kier molecular flexibility index (Phi) is 2.48. The normalized spacial score (nSPS) is 10.2. The van der Waals surface area contributed by atoms with Gasteiger partial charge in [0.25, 0.3) is 0 Å². The number of nitrogen functional groups attached to an aromatic ring is 1. The summed E-state index contributed by atoms with van der Waals surface area (Å²) in [6.45, 7) is 0. The van der Waals surface area contributed by atoms with Crippen LogP contribution in [-0.4, -0.2) is 9.78 Å². The number of nitriles is 1. The molecule has 0 radical (unpaired) electrons. The molecule has 1 heterocycles. The van der Waals surface area contributed by atoms with Crippen molar-refractivity contribution in [3.8, 4) is 11.8 Å². The summed E-state index contributed by atoms with van der Waals surface area (Å²) in [5, 5.41) is 12.2. The number of benzene rings is 1. The Morgan fingerprint density at radius 2 is 1.82 bits per heavy atom. The van der Waals surface area contributed by atoms with Crippen molar-refractivity contribution in [2.75, 3.05) is 5.73 Å². The molecule has 0 saturated carbocycles. The molecule has 4 nitrogen and oxygen atoms in total. The van der Waals surface area contributed by atoms with Gasteiger partial charge < -0.3 is 5.73 Å². The molecule has 0 amide bonds. The Labute approximate surface area is 93.7 Å². The fourth-order valence-corrected chi connectivity index (χ4v) is 1.36. The molecule has 17 heavy (non-hydrogen) atoms. The molecule has 0 aliphatic carbocycles. The molecular formula is C10H5F3N4. The van der Waals surface area contributed by atoms with Crippen molar-refractivity contribution in [3.63, 3.8) is 0 Å². The summed E-state index contributed by atoms with van der Waals surface area (Å²) >= 11 is 0. The predicted octanol–water partition coefficient (Wildman–Crippen LogP) is 1.74. The van der Waals surface area contributed by atoms with E-state index in [0.717, 1.165) is 6.20 Å². The highest BCUT2D eigenvalue weighted by Crippen LogP contribution is 2.22. The Morgan fingerprint density at radius 3 is 2.29 bits per heavy atom. The summed E-state index contributed by atoms with van der Waals surface area (Å²) in [5.41, 5.74) is 4.83. The van der Waals surface area contributed by atoms with Gasteiger partial charge in [0.05, 0.1) is 6.20 Å². The van der Waals surface area contributed by atoms with E-state index in [1.165, 1.54) is 0 Å². The summed E-state index contributed by atoms with van der Waals surface area (Å²) in [7, 11) is 0. The van der Waals surface area contributed by atoms with Crippen LogP contribution in [0.3, 0.4) is 0 Å². The van der Waals surface area contributed by atoms with Crippen molar-refractivity contribution in [2.24, 2.45) is 0 Å². The van der Waals surface area contributed by atoms with Crippen molar-refractivity contribution >= 4 is 5.82 Å². The minimum absolute atomic E-state index is 0.0203. The quantitative estimate of drug-likeness (QED) is 0.822. The molecule has 2 N–H and O–H groups in total. The summed E-state index contributed by atoms with van der Waals surface area (Å²) in [4.78, 5) is 0. The van der Waals surface area contributed by atoms with E-state index in [2.05, 4.69) is 5.10 Å². The molecule has 0 unspecified atom stereocenters. The van der Waals surface area contributed by atoms with Crippen molar-refractivity contribution in [3.05, 3.63) is 41.3 Å². The van der Waals surface area contributed by atoms with Crippen LogP contribution in [0.2, 0.25) is 0 Å². The van der Waals surface area contributed by atoms with Gasteiger partial charge in [0.1, 0.15) is 29.0 Å². The predicted molar refractivity (Wildman–Crippen MR) is 52.6 cm³/mol. The third kappa shape index (κ3) is 1.69. The van der Waals surface area contributed by atoms with E-state index in [4.69, 9.17) is 11.0 Å². The number of anilines is 1. The van der Waals surface area contributed by atoms with Gasteiger partial charge in [0.2, 0.25) is 0 Å². The molecule has 1 aromatic heterocycles. The lowest BCUT2D eigenvalue weighted by Crippen LogP contribution is -2.07. The first kappa shape index (κ1) is 11.0. The lowest BCUT2D eigenvalue weighted by Gasteiger charge is -2.06. The molecule has 0 bridgehead atoms. The van der Waals surface area contributed by atoms with Crippen LogP contribution >= 0.6 is 0 Å². The largest absolute Gasteiger partial charge is 0.382 e. The van der Waals surface area contributed by atoms with Gasteiger partial charge in [0.15, 0.2) is 11.6 Å². The van der Waals surface area contributed by atoms with Crippen LogP contribution < -0.4 is 5.73 Å². The van der Waals surface area contributed by atoms with E-state index >= 15 is 0 Å². The summed E-state index contributed by atoms with van der Waals surface area (Å²) in [5.74, 6) is -3.56. The molecule has 0 saturated heterocycles. The van der Waals surface area contributed by atoms with Gasteiger partial charge >= 0.3 is 0 Å². The van der Waals surface area contributed by atoms with Gasteiger partial charge in [-0.3, -0.25) is 0 Å². The van der Waals surface area contributed by atoms with Crippen LogP contribution in [0.25, 0.3) is 5.69 Å². The van der Waals surface area contributed by atoms with E-state index < -0.39 is 23.1 Å². The highest BCUT2D eigenvalue weighted by Gasteiger charge is 2.18. The lowest BCUT2D eigenvalue weighted by atomic mass is 10.2. The molecule has 2 rings (SSSR count). The number of aromatic nitrogens is 2. The number of halogens is 3. The molecule has 0 aliphatic heterocycles. The summed E-state index contributed by atoms with van der Waals surface area (Å²) < 4.78 is 40.2. The first-order valence-electron chi connectivity index (χ1n) is 4.43. The average molecular weight is 238 g/mol. The first-order valence-corrected chi connectivity index (χ1v) is 4.43. The maximum absolute atomic E-state index is 13.4. The smallest absolute Gasteiger partial charge is 0.154 e. The Morgan fingerprint density at radius 1 is 1.24 bits per heavy atom. The Hall–Kier alpha value is -2.49. The zero-order valence-electron chi connectivity index (χ0n) is 8.28. The number of hydrogen-bond donors (Lipinski definition) is 1. The molecule has 86 valence electrons. The highest BCUT2D eigenvalue weighted by atomic mass is 19.1. The molecule has 2 aromatic rings. The highest BCUT2D eigenvalue weighted by molar-refractivity contribution is 5.53. The second kappa shape index (κ2) is 3.83. The SMILES string of the molecule is N#Cc1cnn(-c2c(F)cc(F)cc2F)c1N. The molecule has 0 spiro atoms. The zero-order valence-corrected chi connectivity index (χ0v) is 8.28. The minimum atomic E-state index is -1.15. The fraction of sp³-hybridized carbons (Fsp3) is 0. The van der Waals surface area contributed by atoms with E-state index in [-0.39, 0.29) is 11.4 Å². The first-order chi connectivity index (χ1) is 8.04. The van der Waals surface area contributed by atoms with Gasteiger partial charge in [-0.2, -0.15) is 10.4 Å². The maximum Gasteiger partial charge on any atom is 0.154 e. The number of nitrogens with two attached hydrogens (primary N) is 1. The Bertz CT molecular complexity index is 604. The van der Waals surface area contributed by atoms with Crippen LogP contribution in [0.5, 0.6) is 0 Å². The van der Waals surface area contributed by atoms with E-state index in [1.54, 1.807) is 6.07 Å². The van der Waals surface area contributed by atoms with Gasteiger partial charge in [-0.05, 0) is 0 Å². The van der Waals surface area contributed by atoms with Gasteiger partial charge in [-0.25, -0.2) is 17.9 Å². The standard InChI is InChI=1S/C10H5F3N4/c11-6-1-7(12)9(8(13)2-6)17-10(15)5(3-14)4-16-17/h1-2,4H,15H2. The van der Waals surface area contributed by atoms with Crippen molar-refractivity contribution in [1.82, 2.24) is 9.78 Å². The maximum atomic E-state index is 13.4. The van der Waals surface area contributed by atoms with E-state index in [1.807, 2.05) is 0 Å². The number of nitrogens with zero attached hydrogens (tertiary/aromatic N) is 3. The molecule has 0 aliphatic rings. The van der Waals surface area contributed by atoms with Gasteiger partial charge in [0, 0.05) is 12.1 Å². The van der Waals surface area contributed by atoms with E-state index in [0.29, 0.717) is 16.8 Å². The van der Waals surface area contributed by atoms with Gasteiger partial charge in [-0.1, -0.05) is 0 Å². The van der Waals surface area contributed by atoms with Crippen molar-refractivity contribution in [2.45, 2.75) is 0 Å². The zero-order chi connectivity index (χ0) is 12.6. The van der Waals surface area contributed by atoms with Gasteiger partial charge in [-0.15, -0.1) is 0 Å². The fourth-order valence-electron chi connectivity index (χ4n) is 1.36. The second-order valence-electron chi connectivity index (χ2n) is 3.19. The number of hydrogen-bond acceptors (Lipinski definition) is 3. The van der Waals surface area contributed by atoms with Crippen LogP contribution in [0.1, 0.15) is 5.56 Å². The van der Waals surface area contributed by atoms with E-state index in [9.17, 15) is 13.2 Å². The lowest BCUT2D eigenvalue weighted by molar-refractivity contribution is 0.529. The topological polar surface area (TPSA) is 67.6 Å². The molecular weight excluding hydrogens is 233 g/mol. The Balaban J connectivity index is 2.69. The molecule has 0 fully saturated rings. The third-order valence-electron chi connectivity index (χ3n) is 2.12. The van der Waals surface area contributed by atoms with Crippen molar-refractivity contribution < 1.29 is 13.2 Å². The molecule has 0 atom stereocenters. The minimum Gasteiger partial charge on any atom is -0.382 e. The van der Waals surface area contributed by atoms with Crippen LogP contribution in [0, 0.1) is 28.8 Å². The van der Waals surface area contributed by atoms with Crippen LogP contribution in [0.15, 0.2) is 18.3 Å². The third-order valence-corrected chi connectivity index (χ3v) is 2.12. The number of rotatable bonds is 1.